The van der Waals surface area contributed by atoms with Crippen LogP contribution in [0.1, 0.15) is 11.1 Å². The van der Waals surface area contributed by atoms with Crippen LogP contribution in [0.5, 0.6) is 11.5 Å². The maximum absolute atomic E-state index is 9.78. The first kappa shape index (κ1) is 15.4. The lowest BCUT2D eigenvalue weighted by atomic mass is 10.2. The second-order valence-electron chi connectivity index (χ2n) is 4.98. The SMILES string of the molecule is Oc1ccccc1C=Nc1cccnc1N=Cc1ccccc1O. The summed E-state index contributed by atoms with van der Waals surface area (Å²) in [6.45, 7) is 0. The van der Waals surface area contributed by atoms with Gasteiger partial charge in [0.25, 0.3) is 0 Å². The lowest BCUT2D eigenvalue weighted by molar-refractivity contribution is 0.474. The predicted molar refractivity (Wildman–Crippen MR) is 95.0 cm³/mol. The smallest absolute Gasteiger partial charge is 0.178 e. The molecule has 0 bridgehead atoms. The number of aliphatic imine (C=N–C) groups is 2. The van der Waals surface area contributed by atoms with Crippen molar-refractivity contribution in [2.45, 2.75) is 0 Å². The molecule has 0 fully saturated rings. The lowest BCUT2D eigenvalue weighted by Gasteiger charge is -2.01. The van der Waals surface area contributed by atoms with E-state index < -0.39 is 0 Å². The summed E-state index contributed by atoms with van der Waals surface area (Å²) in [5.41, 5.74) is 1.77. The Morgan fingerprint density at radius 1 is 0.708 bits per heavy atom. The largest absolute Gasteiger partial charge is 0.507 e. The molecule has 0 amide bonds. The quantitative estimate of drug-likeness (QED) is 0.714. The number of aromatic hydroxyl groups is 2. The van der Waals surface area contributed by atoms with E-state index in [1.54, 1.807) is 60.9 Å². The normalized spacial score (nSPS) is 11.3. The predicted octanol–water partition coefficient (Wildman–Crippen LogP) is 3.99. The van der Waals surface area contributed by atoms with Crippen molar-refractivity contribution in [3.8, 4) is 11.5 Å². The van der Waals surface area contributed by atoms with Crippen LogP contribution in [-0.2, 0) is 0 Å². The van der Waals surface area contributed by atoms with E-state index in [0.29, 0.717) is 22.6 Å². The molecule has 0 unspecified atom stereocenters. The average molecular weight is 317 g/mol. The Balaban J connectivity index is 1.89. The van der Waals surface area contributed by atoms with E-state index in [-0.39, 0.29) is 11.5 Å². The molecular weight excluding hydrogens is 302 g/mol. The van der Waals surface area contributed by atoms with Crippen LogP contribution in [0.15, 0.2) is 76.8 Å². The molecule has 5 heteroatoms. The van der Waals surface area contributed by atoms with E-state index in [4.69, 9.17) is 0 Å². The van der Waals surface area contributed by atoms with Gasteiger partial charge in [-0.15, -0.1) is 0 Å². The highest BCUT2D eigenvalue weighted by Gasteiger charge is 2.01. The maximum Gasteiger partial charge on any atom is 0.178 e. The van der Waals surface area contributed by atoms with Crippen molar-refractivity contribution in [1.29, 1.82) is 0 Å². The molecule has 2 aromatic carbocycles. The number of phenolic OH excluding ortho intramolecular Hbond substituents is 2. The maximum atomic E-state index is 9.78. The Morgan fingerprint density at radius 2 is 1.29 bits per heavy atom. The minimum absolute atomic E-state index is 0.149. The van der Waals surface area contributed by atoms with Crippen LogP contribution in [-0.4, -0.2) is 27.6 Å². The summed E-state index contributed by atoms with van der Waals surface area (Å²) in [6.07, 6.45) is 4.72. The first-order valence-corrected chi connectivity index (χ1v) is 7.33. The highest BCUT2D eigenvalue weighted by molar-refractivity contribution is 5.88. The molecule has 0 aliphatic carbocycles. The number of hydrogen-bond donors (Lipinski definition) is 2. The number of benzene rings is 2. The number of para-hydroxylation sites is 2. The number of hydrogen-bond acceptors (Lipinski definition) is 5. The van der Waals surface area contributed by atoms with Crippen LogP contribution in [0.25, 0.3) is 0 Å². The first-order valence-electron chi connectivity index (χ1n) is 7.33. The van der Waals surface area contributed by atoms with Crippen molar-refractivity contribution < 1.29 is 10.2 Å². The number of aromatic nitrogens is 1. The van der Waals surface area contributed by atoms with E-state index in [1.807, 2.05) is 12.1 Å². The van der Waals surface area contributed by atoms with Gasteiger partial charge in [0, 0.05) is 29.8 Å². The van der Waals surface area contributed by atoms with Gasteiger partial charge >= 0.3 is 0 Å². The van der Waals surface area contributed by atoms with Gasteiger partial charge in [0.15, 0.2) is 5.82 Å². The fourth-order valence-corrected chi connectivity index (χ4v) is 2.05. The van der Waals surface area contributed by atoms with E-state index >= 15 is 0 Å². The standard InChI is InChI=1S/C19H15N3O2/c23-17-9-3-1-6-14(17)12-21-16-8-5-11-20-19(16)22-13-15-7-2-4-10-18(15)24/h1-13,23-24H. The van der Waals surface area contributed by atoms with Crippen molar-refractivity contribution in [2.75, 3.05) is 0 Å². The Morgan fingerprint density at radius 3 is 1.92 bits per heavy atom. The van der Waals surface area contributed by atoms with Crippen LogP contribution < -0.4 is 0 Å². The van der Waals surface area contributed by atoms with E-state index in [2.05, 4.69) is 15.0 Å². The van der Waals surface area contributed by atoms with E-state index in [9.17, 15) is 10.2 Å². The third kappa shape index (κ3) is 3.64. The molecule has 3 rings (SSSR count). The Hall–Kier alpha value is -3.47. The van der Waals surface area contributed by atoms with Gasteiger partial charge in [-0.2, -0.15) is 0 Å². The van der Waals surface area contributed by atoms with Crippen LogP contribution in [0, 0.1) is 0 Å². The van der Waals surface area contributed by atoms with Crippen molar-refractivity contribution in [3.63, 3.8) is 0 Å². The molecule has 1 heterocycles. The molecule has 0 aliphatic rings. The third-order valence-corrected chi connectivity index (χ3v) is 3.31. The van der Waals surface area contributed by atoms with Crippen LogP contribution in [0.4, 0.5) is 11.5 Å². The van der Waals surface area contributed by atoms with Crippen LogP contribution >= 0.6 is 0 Å². The summed E-state index contributed by atoms with van der Waals surface area (Å²) in [5.74, 6) is 0.730. The highest BCUT2D eigenvalue weighted by atomic mass is 16.3. The Bertz CT molecular complexity index is 830. The highest BCUT2D eigenvalue weighted by Crippen LogP contribution is 2.25. The monoisotopic (exact) mass is 317 g/mol. The second-order valence-corrected chi connectivity index (χ2v) is 4.98. The zero-order valence-corrected chi connectivity index (χ0v) is 12.7. The molecule has 0 saturated carbocycles. The molecule has 0 spiro atoms. The first-order chi connectivity index (χ1) is 11.7. The summed E-state index contributed by atoms with van der Waals surface area (Å²) in [4.78, 5) is 12.9. The lowest BCUT2D eigenvalue weighted by Crippen LogP contribution is -1.84. The zero-order valence-electron chi connectivity index (χ0n) is 12.7. The molecule has 5 nitrogen and oxygen atoms in total. The molecule has 24 heavy (non-hydrogen) atoms. The summed E-state index contributed by atoms with van der Waals surface area (Å²) in [5, 5.41) is 19.5. The number of pyridine rings is 1. The molecule has 3 aromatic rings. The zero-order chi connectivity index (χ0) is 16.8. The molecule has 0 saturated heterocycles. The van der Waals surface area contributed by atoms with Crippen molar-refractivity contribution in [3.05, 3.63) is 78.0 Å². The third-order valence-electron chi connectivity index (χ3n) is 3.31. The summed E-state index contributed by atoms with van der Waals surface area (Å²) in [6, 6.07) is 17.4. The van der Waals surface area contributed by atoms with Gasteiger partial charge in [-0.05, 0) is 36.4 Å². The fourth-order valence-electron chi connectivity index (χ4n) is 2.05. The summed E-state index contributed by atoms with van der Waals surface area (Å²) < 4.78 is 0. The van der Waals surface area contributed by atoms with Gasteiger partial charge in [-0.1, -0.05) is 24.3 Å². The van der Waals surface area contributed by atoms with Gasteiger partial charge in [0.05, 0.1) is 0 Å². The molecule has 1 aromatic heterocycles. The second kappa shape index (κ2) is 7.19. The fraction of sp³-hybridized carbons (Fsp3) is 0. The summed E-state index contributed by atoms with van der Waals surface area (Å²) >= 11 is 0. The van der Waals surface area contributed by atoms with Crippen LogP contribution in [0.2, 0.25) is 0 Å². The van der Waals surface area contributed by atoms with E-state index in [0.717, 1.165) is 0 Å². The number of nitrogens with zero attached hydrogens (tertiary/aromatic N) is 3. The Kier molecular flexibility index (Phi) is 4.62. The minimum atomic E-state index is 0.149. The topological polar surface area (TPSA) is 78.1 Å². The number of rotatable bonds is 4. The van der Waals surface area contributed by atoms with Gasteiger partial charge in [-0.3, -0.25) is 4.99 Å². The van der Waals surface area contributed by atoms with Gasteiger partial charge in [0.2, 0.25) is 0 Å². The van der Waals surface area contributed by atoms with Gasteiger partial charge in [-0.25, -0.2) is 9.98 Å². The van der Waals surface area contributed by atoms with Crippen molar-refractivity contribution in [1.82, 2.24) is 4.98 Å². The van der Waals surface area contributed by atoms with Crippen LogP contribution in [0.3, 0.4) is 0 Å². The Labute approximate surface area is 139 Å². The summed E-state index contributed by atoms with van der Waals surface area (Å²) in [7, 11) is 0. The molecule has 118 valence electrons. The average Bonchev–Trinajstić information content (AvgIpc) is 2.61. The van der Waals surface area contributed by atoms with Gasteiger partial charge in [0.1, 0.15) is 17.2 Å². The van der Waals surface area contributed by atoms with Gasteiger partial charge < -0.3 is 10.2 Å². The van der Waals surface area contributed by atoms with E-state index in [1.165, 1.54) is 6.21 Å². The van der Waals surface area contributed by atoms with Crippen molar-refractivity contribution >= 4 is 23.9 Å². The molecule has 0 radical (unpaired) electrons. The molecule has 2 N–H and O–H groups in total. The van der Waals surface area contributed by atoms with Crippen molar-refractivity contribution in [2.24, 2.45) is 9.98 Å². The number of phenols is 2. The molecular formula is C19H15N3O2. The molecule has 0 atom stereocenters. The molecule has 0 aliphatic heterocycles. The minimum Gasteiger partial charge on any atom is -0.507 e.